The number of rotatable bonds is 2. The number of ether oxygens (including phenoxy) is 1. The van der Waals surface area contributed by atoms with E-state index in [-0.39, 0.29) is 11.5 Å². The molecule has 19 heavy (non-hydrogen) atoms. The van der Waals surface area contributed by atoms with Crippen molar-refractivity contribution >= 4 is 0 Å². The van der Waals surface area contributed by atoms with Crippen molar-refractivity contribution in [3.63, 3.8) is 0 Å². The van der Waals surface area contributed by atoms with Crippen molar-refractivity contribution in [2.45, 2.75) is 27.7 Å². The first kappa shape index (κ1) is 13.3. The average Bonchev–Trinajstić information content (AvgIpc) is 2.41. The number of hydrogen-bond donors (Lipinski definition) is 2. The van der Waals surface area contributed by atoms with Gasteiger partial charge in [-0.3, -0.25) is 0 Å². The summed E-state index contributed by atoms with van der Waals surface area (Å²) in [5.41, 5.74) is 3.39. The fourth-order valence-corrected chi connectivity index (χ4v) is 2.00. The predicted octanol–water partition coefficient (Wildman–Crippen LogP) is 4.12. The van der Waals surface area contributed by atoms with Gasteiger partial charge in [0.1, 0.15) is 5.75 Å². The van der Waals surface area contributed by atoms with Crippen molar-refractivity contribution in [2.75, 3.05) is 0 Å². The van der Waals surface area contributed by atoms with Gasteiger partial charge in [0.2, 0.25) is 5.75 Å². The molecule has 0 heterocycles. The first-order valence-corrected chi connectivity index (χ1v) is 6.18. The number of para-hydroxylation sites is 1. The molecule has 0 amide bonds. The SMILES string of the molecule is Cc1ccccc1Oc1c(C)c(C)c(C)c(O)c1O. The quantitative estimate of drug-likeness (QED) is 0.796. The van der Waals surface area contributed by atoms with Gasteiger partial charge in [0, 0.05) is 0 Å². The highest BCUT2D eigenvalue weighted by Crippen LogP contribution is 2.45. The molecule has 0 unspecified atom stereocenters. The highest BCUT2D eigenvalue weighted by Gasteiger charge is 2.18. The van der Waals surface area contributed by atoms with Crippen LogP contribution in [-0.4, -0.2) is 10.2 Å². The van der Waals surface area contributed by atoms with Crippen molar-refractivity contribution < 1.29 is 14.9 Å². The van der Waals surface area contributed by atoms with E-state index in [4.69, 9.17) is 4.74 Å². The lowest BCUT2D eigenvalue weighted by Crippen LogP contribution is -1.95. The van der Waals surface area contributed by atoms with E-state index in [1.807, 2.05) is 45.0 Å². The van der Waals surface area contributed by atoms with Crippen LogP contribution in [0.5, 0.6) is 23.0 Å². The van der Waals surface area contributed by atoms with E-state index in [9.17, 15) is 10.2 Å². The molecule has 0 aliphatic rings. The Morgan fingerprint density at radius 1 is 0.789 bits per heavy atom. The average molecular weight is 258 g/mol. The summed E-state index contributed by atoms with van der Waals surface area (Å²) >= 11 is 0. The van der Waals surface area contributed by atoms with Crippen LogP contribution in [0.3, 0.4) is 0 Å². The van der Waals surface area contributed by atoms with Gasteiger partial charge in [0.05, 0.1) is 0 Å². The first-order chi connectivity index (χ1) is 8.93. The third-order valence-electron chi connectivity index (χ3n) is 3.57. The van der Waals surface area contributed by atoms with Gasteiger partial charge in [-0.2, -0.15) is 0 Å². The van der Waals surface area contributed by atoms with Gasteiger partial charge >= 0.3 is 0 Å². The molecular weight excluding hydrogens is 240 g/mol. The first-order valence-electron chi connectivity index (χ1n) is 6.18. The molecule has 0 radical (unpaired) electrons. The van der Waals surface area contributed by atoms with Crippen LogP contribution in [0.1, 0.15) is 22.3 Å². The molecule has 0 aromatic heterocycles. The molecule has 0 bridgehead atoms. The van der Waals surface area contributed by atoms with Crippen LogP contribution >= 0.6 is 0 Å². The number of aromatic hydroxyl groups is 2. The molecule has 2 aromatic carbocycles. The minimum Gasteiger partial charge on any atom is -0.504 e. The zero-order chi connectivity index (χ0) is 14.2. The number of benzene rings is 2. The molecule has 2 N–H and O–H groups in total. The molecule has 3 heteroatoms. The Balaban J connectivity index is 2.56. The zero-order valence-electron chi connectivity index (χ0n) is 11.6. The second kappa shape index (κ2) is 4.84. The van der Waals surface area contributed by atoms with Crippen LogP contribution in [0.25, 0.3) is 0 Å². The fraction of sp³-hybridized carbons (Fsp3) is 0.250. The summed E-state index contributed by atoms with van der Waals surface area (Å²) in [4.78, 5) is 0. The van der Waals surface area contributed by atoms with Crippen LogP contribution in [-0.2, 0) is 0 Å². The molecule has 2 aromatic rings. The van der Waals surface area contributed by atoms with Gasteiger partial charge < -0.3 is 14.9 Å². The minimum atomic E-state index is -0.205. The summed E-state index contributed by atoms with van der Waals surface area (Å²) < 4.78 is 5.78. The monoisotopic (exact) mass is 258 g/mol. The molecule has 0 atom stereocenters. The molecule has 3 nitrogen and oxygen atoms in total. The van der Waals surface area contributed by atoms with Crippen LogP contribution in [0.15, 0.2) is 24.3 Å². The molecule has 0 aliphatic heterocycles. The van der Waals surface area contributed by atoms with E-state index in [1.165, 1.54) is 0 Å². The summed E-state index contributed by atoms with van der Waals surface area (Å²) in [7, 11) is 0. The number of aryl methyl sites for hydroxylation is 1. The Morgan fingerprint density at radius 3 is 2.05 bits per heavy atom. The molecule has 0 saturated heterocycles. The molecule has 0 fully saturated rings. The molecular formula is C16H18O3. The summed E-state index contributed by atoms with van der Waals surface area (Å²) in [6.07, 6.45) is 0. The van der Waals surface area contributed by atoms with Crippen molar-refractivity contribution in [3.05, 3.63) is 46.5 Å². The topological polar surface area (TPSA) is 49.7 Å². The van der Waals surface area contributed by atoms with Crippen molar-refractivity contribution in [1.29, 1.82) is 0 Å². The van der Waals surface area contributed by atoms with Gasteiger partial charge in [-0.25, -0.2) is 0 Å². The third kappa shape index (κ3) is 2.24. The Bertz CT molecular complexity index is 601. The molecule has 0 saturated carbocycles. The van der Waals surface area contributed by atoms with Gasteiger partial charge in [0.25, 0.3) is 0 Å². The summed E-state index contributed by atoms with van der Waals surface area (Å²) in [6.45, 7) is 7.47. The van der Waals surface area contributed by atoms with Crippen molar-refractivity contribution in [3.8, 4) is 23.0 Å². The Morgan fingerprint density at radius 2 is 1.42 bits per heavy atom. The normalized spacial score (nSPS) is 10.5. The van der Waals surface area contributed by atoms with E-state index in [1.54, 1.807) is 6.92 Å². The highest BCUT2D eigenvalue weighted by atomic mass is 16.5. The largest absolute Gasteiger partial charge is 0.504 e. The van der Waals surface area contributed by atoms with Crippen LogP contribution in [0.4, 0.5) is 0 Å². The molecule has 100 valence electrons. The van der Waals surface area contributed by atoms with Crippen LogP contribution in [0.2, 0.25) is 0 Å². The van der Waals surface area contributed by atoms with Crippen LogP contribution < -0.4 is 4.74 Å². The minimum absolute atomic E-state index is 0.119. The van der Waals surface area contributed by atoms with Gasteiger partial charge in [-0.15, -0.1) is 0 Å². The standard InChI is InChI=1S/C16H18O3/c1-9-7-5-6-8-13(9)19-16-12(4)10(2)11(3)14(17)15(16)18/h5-8,17-18H,1-4H3. The summed E-state index contributed by atoms with van der Waals surface area (Å²) in [6, 6.07) is 7.56. The summed E-state index contributed by atoms with van der Waals surface area (Å²) in [5.74, 6) is 0.661. The van der Waals surface area contributed by atoms with E-state index in [0.717, 1.165) is 16.7 Å². The van der Waals surface area contributed by atoms with Crippen molar-refractivity contribution in [1.82, 2.24) is 0 Å². The Hall–Kier alpha value is -2.16. The predicted molar refractivity (Wildman–Crippen MR) is 75.2 cm³/mol. The van der Waals surface area contributed by atoms with Crippen molar-refractivity contribution in [2.24, 2.45) is 0 Å². The molecule has 0 spiro atoms. The lowest BCUT2D eigenvalue weighted by molar-refractivity contribution is 0.368. The maximum atomic E-state index is 10.1. The maximum Gasteiger partial charge on any atom is 0.201 e. The fourth-order valence-electron chi connectivity index (χ4n) is 2.00. The van der Waals surface area contributed by atoms with E-state index in [0.29, 0.717) is 17.1 Å². The number of phenolic OH excluding ortho intramolecular Hbond substituents is 2. The maximum absolute atomic E-state index is 10.1. The van der Waals surface area contributed by atoms with E-state index in [2.05, 4.69) is 0 Å². The Labute approximate surface area is 113 Å². The smallest absolute Gasteiger partial charge is 0.201 e. The highest BCUT2D eigenvalue weighted by molar-refractivity contribution is 5.62. The van der Waals surface area contributed by atoms with E-state index >= 15 is 0 Å². The second-order valence-corrected chi connectivity index (χ2v) is 4.77. The lowest BCUT2D eigenvalue weighted by atomic mass is 10.0. The van der Waals surface area contributed by atoms with Crippen LogP contribution in [0, 0.1) is 27.7 Å². The number of phenols is 2. The molecule has 0 aliphatic carbocycles. The zero-order valence-corrected chi connectivity index (χ0v) is 11.6. The molecule has 2 rings (SSSR count). The van der Waals surface area contributed by atoms with Gasteiger partial charge in [-0.1, -0.05) is 18.2 Å². The lowest BCUT2D eigenvalue weighted by Gasteiger charge is -2.17. The summed E-state index contributed by atoms with van der Waals surface area (Å²) in [5, 5.41) is 20.0. The third-order valence-corrected chi connectivity index (χ3v) is 3.57. The Kier molecular flexibility index (Phi) is 3.38. The number of hydrogen-bond acceptors (Lipinski definition) is 3. The second-order valence-electron chi connectivity index (χ2n) is 4.77. The van der Waals surface area contributed by atoms with Gasteiger partial charge in [0.15, 0.2) is 11.5 Å². The van der Waals surface area contributed by atoms with Gasteiger partial charge in [-0.05, 0) is 56.0 Å². The van der Waals surface area contributed by atoms with E-state index < -0.39 is 0 Å².